The summed E-state index contributed by atoms with van der Waals surface area (Å²) in [5.41, 5.74) is 2.90. The quantitative estimate of drug-likeness (QED) is 0.518. The van der Waals surface area contributed by atoms with Crippen LogP contribution in [0.4, 0.5) is 0 Å². The molecule has 0 aromatic heterocycles. The van der Waals surface area contributed by atoms with E-state index >= 15 is 0 Å². The van der Waals surface area contributed by atoms with E-state index in [4.69, 9.17) is 4.74 Å². The van der Waals surface area contributed by atoms with Crippen molar-refractivity contribution in [3.63, 3.8) is 0 Å². The Kier molecular flexibility index (Phi) is 5.83. The SMILES string of the molecule is CCCCOc1c(C(C)(C)C)cc(C(C)=O)cc1C(C)(C)C. The molecule has 0 aliphatic carbocycles. The average molecular weight is 304 g/mol. The highest BCUT2D eigenvalue weighted by Gasteiger charge is 2.28. The van der Waals surface area contributed by atoms with E-state index < -0.39 is 0 Å². The molecule has 0 aliphatic heterocycles. The molecule has 22 heavy (non-hydrogen) atoms. The second-order valence-corrected chi connectivity index (χ2v) is 8.16. The summed E-state index contributed by atoms with van der Waals surface area (Å²) in [4.78, 5) is 11.9. The minimum atomic E-state index is -0.0625. The molecule has 0 amide bonds. The maximum absolute atomic E-state index is 11.9. The van der Waals surface area contributed by atoms with Gasteiger partial charge in [-0.1, -0.05) is 54.9 Å². The van der Waals surface area contributed by atoms with Crippen LogP contribution in [0, 0.1) is 0 Å². The maximum Gasteiger partial charge on any atom is 0.159 e. The lowest BCUT2D eigenvalue weighted by Crippen LogP contribution is -2.21. The van der Waals surface area contributed by atoms with Gasteiger partial charge in [-0.2, -0.15) is 0 Å². The van der Waals surface area contributed by atoms with Gasteiger partial charge in [0.25, 0.3) is 0 Å². The molecule has 0 aliphatic rings. The van der Waals surface area contributed by atoms with Crippen LogP contribution in [0.15, 0.2) is 12.1 Å². The number of ketones is 1. The van der Waals surface area contributed by atoms with E-state index in [2.05, 4.69) is 48.5 Å². The number of hydrogen-bond donors (Lipinski definition) is 0. The molecule has 2 nitrogen and oxygen atoms in total. The second-order valence-electron chi connectivity index (χ2n) is 8.16. The maximum atomic E-state index is 11.9. The Morgan fingerprint density at radius 2 is 1.45 bits per heavy atom. The first-order chi connectivity index (χ1) is 9.98. The van der Waals surface area contributed by atoms with Gasteiger partial charge < -0.3 is 4.74 Å². The van der Waals surface area contributed by atoms with Crippen LogP contribution in [-0.2, 0) is 10.8 Å². The van der Waals surface area contributed by atoms with Crippen molar-refractivity contribution < 1.29 is 9.53 Å². The van der Waals surface area contributed by atoms with Gasteiger partial charge >= 0.3 is 0 Å². The Hall–Kier alpha value is -1.31. The molecule has 0 heterocycles. The number of ether oxygens (including phenoxy) is 1. The molecular weight excluding hydrogens is 272 g/mol. The third-order valence-electron chi connectivity index (χ3n) is 3.86. The zero-order valence-electron chi connectivity index (χ0n) is 15.6. The monoisotopic (exact) mass is 304 g/mol. The fourth-order valence-corrected chi connectivity index (χ4v) is 2.42. The molecule has 1 aromatic rings. The van der Waals surface area contributed by atoms with Crippen molar-refractivity contribution >= 4 is 5.78 Å². The van der Waals surface area contributed by atoms with Gasteiger partial charge in [0.2, 0.25) is 0 Å². The first kappa shape index (κ1) is 18.7. The Morgan fingerprint density at radius 1 is 1.00 bits per heavy atom. The van der Waals surface area contributed by atoms with Crippen LogP contribution in [0.3, 0.4) is 0 Å². The third kappa shape index (κ3) is 4.59. The minimum Gasteiger partial charge on any atom is -0.493 e. The number of carbonyl (C=O) groups excluding carboxylic acids is 1. The summed E-state index contributed by atoms with van der Waals surface area (Å²) < 4.78 is 6.19. The van der Waals surface area contributed by atoms with Gasteiger partial charge in [0.05, 0.1) is 6.61 Å². The molecule has 2 heteroatoms. The number of hydrogen-bond acceptors (Lipinski definition) is 2. The zero-order valence-corrected chi connectivity index (χ0v) is 15.6. The van der Waals surface area contributed by atoms with Crippen molar-refractivity contribution in [1.82, 2.24) is 0 Å². The van der Waals surface area contributed by atoms with E-state index in [0.717, 1.165) is 41.9 Å². The fourth-order valence-electron chi connectivity index (χ4n) is 2.42. The lowest BCUT2D eigenvalue weighted by Gasteiger charge is -2.30. The Labute approximate surface area is 136 Å². The standard InChI is InChI=1S/C20H32O2/c1-9-10-11-22-18-16(19(3,4)5)12-15(14(2)21)13-17(18)20(6,7)8/h12-13H,9-11H2,1-8H3. The summed E-state index contributed by atoms with van der Waals surface area (Å²) in [6.07, 6.45) is 2.16. The van der Waals surface area contributed by atoms with Crippen molar-refractivity contribution in [3.8, 4) is 5.75 Å². The van der Waals surface area contributed by atoms with Crippen molar-refractivity contribution in [2.45, 2.75) is 79.1 Å². The van der Waals surface area contributed by atoms with Gasteiger partial charge in [0.15, 0.2) is 5.78 Å². The Balaban J connectivity index is 3.55. The summed E-state index contributed by atoms with van der Waals surface area (Å²) >= 11 is 0. The summed E-state index contributed by atoms with van der Waals surface area (Å²) in [5, 5.41) is 0. The molecule has 1 rings (SSSR count). The highest BCUT2D eigenvalue weighted by atomic mass is 16.5. The topological polar surface area (TPSA) is 26.3 Å². The summed E-state index contributed by atoms with van der Waals surface area (Å²) in [7, 11) is 0. The molecule has 0 saturated carbocycles. The van der Waals surface area contributed by atoms with Gasteiger partial charge in [0.1, 0.15) is 5.75 Å². The molecule has 1 aromatic carbocycles. The first-order valence-electron chi connectivity index (χ1n) is 8.31. The predicted molar refractivity (Wildman–Crippen MR) is 94.2 cm³/mol. The summed E-state index contributed by atoms with van der Waals surface area (Å²) in [6, 6.07) is 4.03. The molecule has 0 unspecified atom stereocenters. The second kappa shape index (κ2) is 6.85. The first-order valence-corrected chi connectivity index (χ1v) is 8.31. The molecule has 0 spiro atoms. The van der Waals surface area contributed by atoms with E-state index in [1.165, 1.54) is 0 Å². The minimum absolute atomic E-state index is 0.0625. The van der Waals surface area contributed by atoms with Crippen LogP contribution in [-0.4, -0.2) is 12.4 Å². The van der Waals surface area contributed by atoms with Crippen molar-refractivity contribution in [1.29, 1.82) is 0 Å². The lowest BCUT2D eigenvalue weighted by atomic mass is 9.78. The van der Waals surface area contributed by atoms with Crippen molar-refractivity contribution in [2.75, 3.05) is 6.61 Å². The summed E-state index contributed by atoms with van der Waals surface area (Å²) in [5.74, 6) is 1.08. The van der Waals surface area contributed by atoms with E-state index in [0.29, 0.717) is 0 Å². The third-order valence-corrected chi connectivity index (χ3v) is 3.86. The predicted octanol–water partition coefficient (Wildman–Crippen LogP) is 5.66. The Morgan fingerprint density at radius 3 is 1.77 bits per heavy atom. The van der Waals surface area contributed by atoms with E-state index in [1.807, 2.05) is 12.1 Å². The number of benzene rings is 1. The largest absolute Gasteiger partial charge is 0.493 e. The molecule has 0 radical (unpaired) electrons. The molecule has 0 bridgehead atoms. The molecule has 124 valence electrons. The fraction of sp³-hybridized carbons (Fsp3) is 0.650. The number of unbranched alkanes of at least 4 members (excludes halogenated alkanes) is 1. The van der Waals surface area contributed by atoms with Crippen LogP contribution in [0.1, 0.15) is 89.7 Å². The van der Waals surface area contributed by atoms with Gasteiger partial charge in [-0.15, -0.1) is 0 Å². The zero-order chi connectivity index (χ0) is 17.1. The van der Waals surface area contributed by atoms with Crippen molar-refractivity contribution in [2.24, 2.45) is 0 Å². The van der Waals surface area contributed by atoms with Crippen LogP contribution in [0.5, 0.6) is 5.75 Å². The number of Topliss-reactive ketones (excluding diaryl/α,β-unsaturated/α-hetero) is 1. The normalized spacial score (nSPS) is 12.4. The van der Waals surface area contributed by atoms with Crippen molar-refractivity contribution in [3.05, 3.63) is 28.8 Å². The van der Waals surface area contributed by atoms with Crippen LogP contribution in [0.25, 0.3) is 0 Å². The van der Waals surface area contributed by atoms with Crippen LogP contribution >= 0.6 is 0 Å². The molecule has 0 saturated heterocycles. The Bertz CT molecular complexity index is 493. The van der Waals surface area contributed by atoms with Crippen LogP contribution < -0.4 is 4.74 Å². The number of rotatable bonds is 5. The lowest BCUT2D eigenvalue weighted by molar-refractivity contribution is 0.101. The van der Waals surface area contributed by atoms with Gasteiger partial charge in [0, 0.05) is 16.7 Å². The average Bonchev–Trinajstić information content (AvgIpc) is 2.36. The molecular formula is C20H32O2. The van der Waals surface area contributed by atoms with E-state index in [9.17, 15) is 4.79 Å². The summed E-state index contributed by atoms with van der Waals surface area (Å²) in [6.45, 7) is 17.6. The molecule has 0 atom stereocenters. The molecule has 0 fully saturated rings. The van der Waals surface area contributed by atoms with Gasteiger partial charge in [-0.3, -0.25) is 4.79 Å². The molecule has 0 N–H and O–H groups in total. The highest BCUT2D eigenvalue weighted by molar-refractivity contribution is 5.95. The van der Waals surface area contributed by atoms with E-state index in [-0.39, 0.29) is 16.6 Å². The van der Waals surface area contributed by atoms with E-state index in [1.54, 1.807) is 6.92 Å². The van der Waals surface area contributed by atoms with Gasteiger partial charge in [-0.25, -0.2) is 0 Å². The smallest absolute Gasteiger partial charge is 0.159 e. The highest BCUT2D eigenvalue weighted by Crippen LogP contribution is 2.40. The van der Waals surface area contributed by atoms with Crippen LogP contribution in [0.2, 0.25) is 0 Å². The number of carbonyl (C=O) groups is 1. The van der Waals surface area contributed by atoms with Gasteiger partial charge in [-0.05, 0) is 36.3 Å².